The third-order valence-electron chi connectivity index (χ3n) is 4.28. The van der Waals surface area contributed by atoms with E-state index in [0.717, 1.165) is 11.1 Å². The molecule has 0 spiro atoms. The molecule has 0 aliphatic rings. The largest absolute Gasteiger partial charge is 0.391 e. The van der Waals surface area contributed by atoms with E-state index >= 15 is 0 Å². The number of hydrogen-bond acceptors (Lipinski definition) is 8. The lowest BCUT2D eigenvalue weighted by Gasteiger charge is -2.03. The van der Waals surface area contributed by atoms with Crippen LogP contribution in [0, 0.1) is 20.2 Å². The first kappa shape index (κ1) is 22.1. The minimum atomic E-state index is -0.479. The van der Waals surface area contributed by atoms with Crippen molar-refractivity contribution in [3.63, 3.8) is 0 Å². The second-order valence-electron chi connectivity index (χ2n) is 6.46. The fraction of sp³-hybridized carbons (Fsp3) is 0.0909. The molecule has 10 heteroatoms. The fourth-order valence-electron chi connectivity index (χ4n) is 2.67. The van der Waals surface area contributed by atoms with Gasteiger partial charge in [-0.05, 0) is 23.3 Å². The molecule has 0 amide bonds. The van der Waals surface area contributed by atoms with Gasteiger partial charge in [-0.25, -0.2) is 0 Å². The van der Waals surface area contributed by atoms with Crippen LogP contribution in [0.15, 0.2) is 83.1 Å². The molecule has 162 valence electrons. The molecule has 0 atom stereocenters. The van der Waals surface area contributed by atoms with Gasteiger partial charge in [0.1, 0.15) is 13.2 Å². The normalized spacial score (nSPS) is 11.0. The van der Waals surface area contributed by atoms with E-state index in [1.165, 1.54) is 24.6 Å². The van der Waals surface area contributed by atoms with E-state index in [9.17, 15) is 20.2 Å². The minimum absolute atomic E-state index is 0.0475. The maximum atomic E-state index is 11.0. The first-order valence-electron chi connectivity index (χ1n) is 9.40. The molecule has 3 aromatic carbocycles. The van der Waals surface area contributed by atoms with Gasteiger partial charge in [0.15, 0.2) is 0 Å². The Morgan fingerprint density at radius 2 is 1.03 bits per heavy atom. The van der Waals surface area contributed by atoms with Gasteiger partial charge in [0.2, 0.25) is 0 Å². The van der Waals surface area contributed by atoms with Crippen molar-refractivity contribution < 1.29 is 19.5 Å². The Balaban J connectivity index is 1.48. The fourth-order valence-corrected chi connectivity index (χ4v) is 2.67. The summed E-state index contributed by atoms with van der Waals surface area (Å²) >= 11 is 0. The second-order valence-corrected chi connectivity index (χ2v) is 6.46. The van der Waals surface area contributed by atoms with Gasteiger partial charge in [-0.3, -0.25) is 20.2 Å². The van der Waals surface area contributed by atoms with Gasteiger partial charge in [-0.2, -0.15) is 0 Å². The molecule has 32 heavy (non-hydrogen) atoms. The number of nitro benzene ring substituents is 2. The predicted octanol–water partition coefficient (Wildman–Crippen LogP) is 4.60. The summed E-state index contributed by atoms with van der Waals surface area (Å²) in [4.78, 5) is 31.4. The van der Waals surface area contributed by atoms with Crippen LogP contribution < -0.4 is 0 Å². The van der Waals surface area contributed by atoms with E-state index in [1.807, 2.05) is 24.3 Å². The Bertz CT molecular complexity index is 1050. The topological polar surface area (TPSA) is 129 Å². The quantitative estimate of drug-likeness (QED) is 0.260. The summed E-state index contributed by atoms with van der Waals surface area (Å²) in [5, 5.41) is 29.5. The summed E-state index contributed by atoms with van der Waals surface area (Å²) in [5.74, 6) is 0. The van der Waals surface area contributed by atoms with Gasteiger partial charge in [0, 0.05) is 12.1 Å². The van der Waals surface area contributed by atoms with Crippen molar-refractivity contribution in [2.45, 2.75) is 13.2 Å². The molecule has 0 heterocycles. The molecule has 0 saturated heterocycles. The van der Waals surface area contributed by atoms with Crippen LogP contribution >= 0.6 is 0 Å². The van der Waals surface area contributed by atoms with E-state index in [0.29, 0.717) is 11.1 Å². The van der Waals surface area contributed by atoms with E-state index in [4.69, 9.17) is 9.68 Å². The van der Waals surface area contributed by atoms with Crippen molar-refractivity contribution in [1.82, 2.24) is 0 Å². The van der Waals surface area contributed by atoms with Gasteiger partial charge in [-0.15, -0.1) is 0 Å². The lowest BCUT2D eigenvalue weighted by atomic mass is 10.1. The summed E-state index contributed by atoms with van der Waals surface area (Å²) in [5.41, 5.74) is 2.30. The molecule has 0 aromatic heterocycles. The average Bonchev–Trinajstić information content (AvgIpc) is 2.80. The Hall–Kier alpha value is -4.60. The first-order chi connectivity index (χ1) is 15.5. The summed E-state index contributed by atoms with van der Waals surface area (Å²) in [7, 11) is 0. The predicted molar refractivity (Wildman–Crippen MR) is 117 cm³/mol. The van der Waals surface area contributed by atoms with Gasteiger partial charge < -0.3 is 9.68 Å². The van der Waals surface area contributed by atoms with Gasteiger partial charge in [-0.1, -0.05) is 58.8 Å². The monoisotopic (exact) mass is 434 g/mol. The number of nitrogens with zero attached hydrogens (tertiary/aromatic N) is 4. The molecule has 0 aliphatic heterocycles. The molecule has 0 unspecified atom stereocenters. The highest BCUT2D eigenvalue weighted by Gasteiger charge is 2.10. The molecule has 0 fully saturated rings. The highest BCUT2D eigenvalue weighted by Crippen LogP contribution is 2.16. The van der Waals surface area contributed by atoms with E-state index in [2.05, 4.69) is 10.3 Å². The highest BCUT2D eigenvalue weighted by atomic mass is 16.6. The van der Waals surface area contributed by atoms with E-state index in [1.54, 1.807) is 36.4 Å². The molecule has 0 bridgehead atoms. The van der Waals surface area contributed by atoms with Crippen molar-refractivity contribution in [2.24, 2.45) is 10.3 Å². The van der Waals surface area contributed by atoms with Gasteiger partial charge >= 0.3 is 0 Å². The van der Waals surface area contributed by atoms with Crippen LogP contribution in [0.25, 0.3) is 0 Å². The maximum Gasteiger partial charge on any atom is 0.278 e. The Morgan fingerprint density at radius 3 is 1.41 bits per heavy atom. The molecule has 0 N–H and O–H groups in total. The summed E-state index contributed by atoms with van der Waals surface area (Å²) in [6.07, 6.45) is 2.60. The van der Waals surface area contributed by atoms with Crippen molar-refractivity contribution in [3.8, 4) is 0 Å². The Morgan fingerprint density at radius 1 is 0.656 bits per heavy atom. The molecule has 3 aromatic rings. The maximum absolute atomic E-state index is 11.0. The van der Waals surface area contributed by atoms with Gasteiger partial charge in [0.25, 0.3) is 11.4 Å². The average molecular weight is 434 g/mol. The van der Waals surface area contributed by atoms with Crippen molar-refractivity contribution in [1.29, 1.82) is 0 Å². The SMILES string of the molecule is O=[N+]([O-])c1ccccc1/C=N\OCc1ccc(CO/N=C\c2ccccc2[N+](=O)[O-])cc1. The molecule has 0 aliphatic carbocycles. The number of para-hydroxylation sites is 2. The number of rotatable bonds is 10. The first-order valence-corrected chi connectivity index (χ1v) is 9.40. The van der Waals surface area contributed by atoms with Crippen LogP contribution in [0.1, 0.15) is 22.3 Å². The molecular weight excluding hydrogens is 416 g/mol. The third-order valence-corrected chi connectivity index (χ3v) is 4.28. The van der Waals surface area contributed by atoms with Crippen molar-refractivity contribution >= 4 is 23.8 Å². The molecule has 0 radical (unpaired) electrons. The molecular formula is C22H18N4O6. The summed E-state index contributed by atoms with van der Waals surface area (Å²) < 4.78 is 0. The number of oxime groups is 2. The third kappa shape index (κ3) is 6.20. The summed E-state index contributed by atoms with van der Waals surface area (Å²) in [6.45, 7) is 0.377. The van der Waals surface area contributed by atoms with E-state index in [-0.39, 0.29) is 24.6 Å². The Labute approximate surface area is 182 Å². The van der Waals surface area contributed by atoms with Crippen LogP contribution in [0.3, 0.4) is 0 Å². The smallest absolute Gasteiger partial charge is 0.278 e. The molecule has 3 rings (SSSR count). The van der Waals surface area contributed by atoms with Crippen LogP contribution in [-0.2, 0) is 22.9 Å². The Kier molecular flexibility index (Phi) is 7.58. The van der Waals surface area contributed by atoms with Crippen LogP contribution in [0.4, 0.5) is 11.4 Å². The second kappa shape index (κ2) is 11.0. The number of hydrogen-bond donors (Lipinski definition) is 0. The van der Waals surface area contributed by atoms with Crippen LogP contribution in [-0.4, -0.2) is 22.3 Å². The zero-order valence-corrected chi connectivity index (χ0v) is 16.7. The van der Waals surface area contributed by atoms with Gasteiger partial charge in [0.05, 0.1) is 33.4 Å². The zero-order valence-electron chi connectivity index (χ0n) is 16.7. The minimum Gasteiger partial charge on any atom is -0.391 e. The molecule has 10 nitrogen and oxygen atoms in total. The van der Waals surface area contributed by atoms with Crippen LogP contribution in [0.2, 0.25) is 0 Å². The number of benzene rings is 3. The standard InChI is InChI=1S/C22H18N4O6/c27-25(28)21-7-3-1-5-19(21)13-23-31-15-17-9-11-18(12-10-17)16-32-24-14-20-6-2-4-8-22(20)26(29)30/h1-14H,15-16H2/b23-13-,24-14-. The summed E-state index contributed by atoms with van der Waals surface area (Å²) in [6, 6.07) is 19.8. The van der Waals surface area contributed by atoms with Crippen molar-refractivity contribution in [2.75, 3.05) is 0 Å². The highest BCUT2D eigenvalue weighted by molar-refractivity contribution is 5.85. The zero-order chi connectivity index (χ0) is 22.8. The van der Waals surface area contributed by atoms with Crippen LogP contribution in [0.5, 0.6) is 0 Å². The lowest BCUT2D eigenvalue weighted by molar-refractivity contribution is -0.385. The lowest BCUT2D eigenvalue weighted by Crippen LogP contribution is -1.95. The van der Waals surface area contributed by atoms with E-state index < -0.39 is 9.85 Å². The number of nitro groups is 2. The van der Waals surface area contributed by atoms with Crippen molar-refractivity contribution in [3.05, 3.63) is 115 Å². The molecule has 0 saturated carbocycles.